The van der Waals surface area contributed by atoms with Crippen LogP contribution in [0.25, 0.3) is 22.0 Å². The molecule has 0 aliphatic heterocycles. The van der Waals surface area contributed by atoms with Crippen molar-refractivity contribution >= 4 is 22.7 Å². The highest BCUT2D eigenvalue weighted by molar-refractivity contribution is 5.99. The number of nitrogens with two attached hydrogens (primary N) is 1. The van der Waals surface area contributed by atoms with Gasteiger partial charge in [-0.25, -0.2) is 0 Å². The third-order valence-corrected chi connectivity index (χ3v) is 6.16. The van der Waals surface area contributed by atoms with E-state index in [9.17, 15) is 9.59 Å². The molecular weight excluding hydrogens is 374 g/mol. The highest BCUT2D eigenvalue weighted by Crippen LogP contribution is 2.34. The van der Waals surface area contributed by atoms with E-state index in [-0.39, 0.29) is 12.3 Å². The predicted molar refractivity (Wildman–Crippen MR) is 119 cm³/mol. The number of nitrogens with one attached hydrogen (secondary N) is 1. The number of hydrogen-bond donors (Lipinski definition) is 2. The molecule has 0 radical (unpaired) electrons. The molecule has 5 heteroatoms. The molecule has 5 nitrogen and oxygen atoms in total. The number of pyridine rings is 1. The van der Waals surface area contributed by atoms with Gasteiger partial charge in [-0.1, -0.05) is 67.8 Å². The number of hydrogen-bond acceptors (Lipinski definition) is 3. The van der Waals surface area contributed by atoms with Crippen molar-refractivity contribution in [3.05, 3.63) is 65.9 Å². The molecule has 0 bridgehead atoms. The van der Waals surface area contributed by atoms with Gasteiger partial charge in [0.15, 0.2) is 0 Å². The number of aryl methyl sites for hydroxylation is 1. The number of fused-ring (bicyclic) bond motifs is 1. The molecule has 0 spiro atoms. The van der Waals surface area contributed by atoms with Gasteiger partial charge in [0.2, 0.25) is 11.8 Å². The second-order valence-electron chi connectivity index (χ2n) is 8.17. The first-order valence-electron chi connectivity index (χ1n) is 10.5. The molecule has 0 atom stereocenters. The Bertz CT molecular complexity index is 1090. The van der Waals surface area contributed by atoms with Gasteiger partial charge in [0.25, 0.3) is 0 Å². The second kappa shape index (κ2) is 8.27. The minimum atomic E-state index is -0.930. The summed E-state index contributed by atoms with van der Waals surface area (Å²) in [7, 11) is 0. The second-order valence-corrected chi connectivity index (χ2v) is 8.17. The molecule has 30 heavy (non-hydrogen) atoms. The molecular formula is C25H27N3O2. The van der Waals surface area contributed by atoms with Crippen molar-refractivity contribution in [2.24, 2.45) is 5.73 Å². The minimum Gasteiger partial charge on any atom is -0.368 e. The Labute approximate surface area is 176 Å². The Morgan fingerprint density at radius 1 is 1.00 bits per heavy atom. The molecule has 1 aliphatic rings. The third-order valence-electron chi connectivity index (χ3n) is 6.16. The monoisotopic (exact) mass is 401 g/mol. The molecule has 2 amide bonds. The molecule has 0 unspecified atom stereocenters. The maximum Gasteiger partial charge on any atom is 0.243 e. The number of nitrogens with zero attached hydrogens (tertiary/aromatic N) is 1. The van der Waals surface area contributed by atoms with Crippen LogP contribution in [0.2, 0.25) is 0 Å². The van der Waals surface area contributed by atoms with Crippen LogP contribution >= 0.6 is 0 Å². The van der Waals surface area contributed by atoms with Crippen molar-refractivity contribution in [1.29, 1.82) is 0 Å². The molecule has 2 aromatic carbocycles. The van der Waals surface area contributed by atoms with Crippen molar-refractivity contribution in [1.82, 2.24) is 10.3 Å². The van der Waals surface area contributed by atoms with Gasteiger partial charge < -0.3 is 11.1 Å². The van der Waals surface area contributed by atoms with Gasteiger partial charge in [0.1, 0.15) is 5.54 Å². The zero-order valence-electron chi connectivity index (χ0n) is 17.3. The van der Waals surface area contributed by atoms with Gasteiger partial charge in [-0.15, -0.1) is 0 Å². The van der Waals surface area contributed by atoms with Crippen LogP contribution in [0.4, 0.5) is 0 Å². The van der Waals surface area contributed by atoms with E-state index in [1.807, 2.05) is 49.4 Å². The summed E-state index contributed by atoms with van der Waals surface area (Å²) in [5.74, 6) is -0.625. The first kappa shape index (κ1) is 20.1. The normalized spacial score (nSPS) is 15.6. The standard InChI is InChI=1S/C25H27N3O2/c1-17-20(16-22(29)28-25(24(26)30)14-8-3-9-15-25)23(18-10-4-2-5-11-18)19-12-6-7-13-21(19)27-17/h2,4-7,10-13H,3,8-9,14-16H2,1H3,(H2,26,30)(H,28,29). The molecule has 1 aliphatic carbocycles. The zero-order chi connectivity index (χ0) is 21.1. The van der Waals surface area contributed by atoms with E-state index in [2.05, 4.69) is 17.4 Å². The van der Waals surface area contributed by atoms with Gasteiger partial charge >= 0.3 is 0 Å². The molecule has 154 valence electrons. The number of amides is 2. The largest absolute Gasteiger partial charge is 0.368 e. The lowest BCUT2D eigenvalue weighted by Gasteiger charge is -2.35. The topological polar surface area (TPSA) is 85.1 Å². The predicted octanol–water partition coefficient (Wildman–Crippen LogP) is 4.06. The minimum absolute atomic E-state index is 0.156. The lowest BCUT2D eigenvalue weighted by molar-refractivity contribution is -0.132. The number of carbonyl (C=O) groups excluding carboxylic acids is 2. The molecule has 1 saturated carbocycles. The number of rotatable bonds is 5. The third kappa shape index (κ3) is 3.80. The van der Waals surface area contributed by atoms with E-state index in [0.29, 0.717) is 12.8 Å². The number of para-hydroxylation sites is 1. The van der Waals surface area contributed by atoms with Crippen molar-refractivity contribution in [2.75, 3.05) is 0 Å². The van der Waals surface area contributed by atoms with Gasteiger partial charge in [-0.2, -0.15) is 0 Å². The van der Waals surface area contributed by atoms with E-state index in [1.54, 1.807) is 0 Å². The first-order chi connectivity index (χ1) is 14.5. The first-order valence-corrected chi connectivity index (χ1v) is 10.5. The Kier molecular flexibility index (Phi) is 5.53. The fourth-order valence-electron chi connectivity index (χ4n) is 4.58. The van der Waals surface area contributed by atoms with Crippen molar-refractivity contribution in [3.63, 3.8) is 0 Å². The van der Waals surface area contributed by atoms with E-state index in [1.165, 1.54) is 0 Å². The van der Waals surface area contributed by atoms with Gasteiger partial charge in [-0.05, 0) is 42.5 Å². The van der Waals surface area contributed by atoms with Crippen LogP contribution in [0.15, 0.2) is 54.6 Å². The highest BCUT2D eigenvalue weighted by Gasteiger charge is 2.39. The molecule has 1 aromatic heterocycles. The Morgan fingerprint density at radius 3 is 2.37 bits per heavy atom. The lowest BCUT2D eigenvalue weighted by atomic mass is 9.80. The number of carbonyl (C=O) groups is 2. The van der Waals surface area contributed by atoms with Crippen LogP contribution in [0, 0.1) is 6.92 Å². The summed E-state index contributed by atoms with van der Waals surface area (Å²) in [5, 5.41) is 4.01. The van der Waals surface area contributed by atoms with Crippen molar-refractivity contribution < 1.29 is 9.59 Å². The van der Waals surface area contributed by atoms with E-state index >= 15 is 0 Å². The molecule has 3 aromatic rings. The Hall–Kier alpha value is -3.21. The summed E-state index contributed by atoms with van der Waals surface area (Å²) < 4.78 is 0. The van der Waals surface area contributed by atoms with Crippen molar-refractivity contribution in [3.8, 4) is 11.1 Å². The zero-order valence-corrected chi connectivity index (χ0v) is 17.3. The lowest BCUT2D eigenvalue weighted by Crippen LogP contribution is -2.58. The molecule has 4 rings (SSSR count). The fraction of sp³-hybridized carbons (Fsp3) is 0.320. The van der Waals surface area contributed by atoms with Crippen LogP contribution in [0.5, 0.6) is 0 Å². The summed E-state index contributed by atoms with van der Waals surface area (Å²) >= 11 is 0. The van der Waals surface area contributed by atoms with Gasteiger partial charge in [0, 0.05) is 11.1 Å². The molecule has 1 fully saturated rings. The average molecular weight is 402 g/mol. The molecule has 1 heterocycles. The highest BCUT2D eigenvalue weighted by atomic mass is 16.2. The molecule has 0 saturated heterocycles. The van der Waals surface area contributed by atoms with Crippen LogP contribution in [-0.2, 0) is 16.0 Å². The maximum atomic E-state index is 13.1. The summed E-state index contributed by atoms with van der Waals surface area (Å²) in [6.07, 6.45) is 4.23. The summed E-state index contributed by atoms with van der Waals surface area (Å²) in [4.78, 5) is 30.0. The molecule has 3 N–H and O–H groups in total. The van der Waals surface area contributed by atoms with E-state index in [4.69, 9.17) is 10.7 Å². The van der Waals surface area contributed by atoms with Crippen LogP contribution < -0.4 is 11.1 Å². The van der Waals surface area contributed by atoms with Crippen LogP contribution in [0.3, 0.4) is 0 Å². The van der Waals surface area contributed by atoms with E-state index < -0.39 is 11.4 Å². The van der Waals surface area contributed by atoms with Gasteiger partial charge in [-0.3, -0.25) is 14.6 Å². The maximum absolute atomic E-state index is 13.1. The SMILES string of the molecule is Cc1nc2ccccc2c(-c2ccccc2)c1CC(=O)NC1(C(N)=O)CCCCC1. The smallest absolute Gasteiger partial charge is 0.243 e. The Morgan fingerprint density at radius 2 is 1.67 bits per heavy atom. The number of aromatic nitrogens is 1. The van der Waals surface area contributed by atoms with E-state index in [0.717, 1.165) is 52.5 Å². The average Bonchev–Trinajstić information content (AvgIpc) is 2.75. The summed E-state index contributed by atoms with van der Waals surface area (Å²) in [6.45, 7) is 1.94. The van der Waals surface area contributed by atoms with Crippen LogP contribution in [0.1, 0.15) is 43.4 Å². The quantitative estimate of drug-likeness (QED) is 0.676. The number of benzene rings is 2. The fourth-order valence-corrected chi connectivity index (χ4v) is 4.58. The number of primary amides is 1. The van der Waals surface area contributed by atoms with Crippen LogP contribution in [-0.4, -0.2) is 22.3 Å². The van der Waals surface area contributed by atoms with Gasteiger partial charge in [0.05, 0.1) is 11.9 Å². The summed E-state index contributed by atoms with van der Waals surface area (Å²) in [6, 6.07) is 18.0. The Balaban J connectivity index is 1.74. The van der Waals surface area contributed by atoms with Crippen molar-refractivity contribution in [2.45, 2.75) is 51.0 Å². The summed E-state index contributed by atoms with van der Waals surface area (Å²) in [5.41, 5.74) is 9.44.